The van der Waals surface area contributed by atoms with Gasteiger partial charge in [-0.15, -0.1) is 0 Å². The Morgan fingerprint density at radius 2 is 0.833 bits per heavy atom. The molecule has 6 heteroatoms. The Balaban J connectivity index is 1.85. The predicted molar refractivity (Wildman–Crippen MR) is 140 cm³/mol. The number of rotatable bonds is 2. The summed E-state index contributed by atoms with van der Waals surface area (Å²) >= 11 is 14.6. The Hall–Kier alpha value is -1.60. The quantitative estimate of drug-likeness (QED) is 0.207. The van der Waals surface area contributed by atoms with Crippen LogP contribution >= 0.6 is 63.7 Å². The molecule has 0 fully saturated rings. The molecule has 146 valence electrons. The van der Waals surface area contributed by atoms with Crippen LogP contribution in [0.4, 0.5) is 11.4 Å². The van der Waals surface area contributed by atoms with E-state index < -0.39 is 0 Å². The maximum absolute atomic E-state index is 5.10. The zero-order valence-electron chi connectivity index (χ0n) is 15.3. The lowest BCUT2D eigenvalue weighted by Gasteiger charge is -2.08. The topological polar surface area (TPSA) is 24.7 Å². The van der Waals surface area contributed by atoms with E-state index in [1.807, 2.05) is 36.4 Å². The molecule has 2 nitrogen and oxygen atoms in total. The van der Waals surface area contributed by atoms with Gasteiger partial charge in [0.25, 0.3) is 0 Å². The second kappa shape index (κ2) is 8.15. The van der Waals surface area contributed by atoms with E-state index in [4.69, 9.17) is 9.98 Å². The second-order valence-electron chi connectivity index (χ2n) is 6.77. The molecule has 0 radical (unpaired) electrons. The maximum atomic E-state index is 5.10. The fraction of sp³-hybridized carbons (Fsp3) is 0. The summed E-state index contributed by atoms with van der Waals surface area (Å²) in [5, 5.41) is 2.36. The van der Waals surface area contributed by atoms with Gasteiger partial charge in [-0.25, -0.2) is 9.98 Å². The first-order valence-corrected chi connectivity index (χ1v) is 12.3. The zero-order valence-corrected chi connectivity index (χ0v) is 21.7. The van der Waals surface area contributed by atoms with Crippen molar-refractivity contribution < 1.29 is 0 Å². The number of benzene rings is 4. The standard InChI is InChI=1S/C24H12Br4N2/c25-16-9-3-10-17(26)23(16)29-21-14-7-1-5-13-6-2-8-15(20(13)14)22(21)30-24-18(27)11-4-12-19(24)28/h1-12H. The summed E-state index contributed by atoms with van der Waals surface area (Å²) in [6.45, 7) is 0. The van der Waals surface area contributed by atoms with Gasteiger partial charge in [0.15, 0.2) is 0 Å². The molecule has 0 atom stereocenters. The molecule has 0 saturated carbocycles. The molecule has 4 aromatic rings. The molecule has 30 heavy (non-hydrogen) atoms. The summed E-state index contributed by atoms with van der Waals surface area (Å²) < 4.78 is 3.70. The predicted octanol–water partition coefficient (Wildman–Crippen LogP) is 9.14. The van der Waals surface area contributed by atoms with E-state index in [0.717, 1.165) is 51.8 Å². The molecule has 0 aliphatic heterocycles. The second-order valence-corrected chi connectivity index (χ2v) is 10.2. The summed E-state index contributed by atoms with van der Waals surface area (Å²) in [5.74, 6) is 0. The zero-order chi connectivity index (χ0) is 20.8. The first-order valence-electron chi connectivity index (χ1n) is 9.13. The fourth-order valence-electron chi connectivity index (χ4n) is 3.63. The Bertz CT molecular complexity index is 1250. The van der Waals surface area contributed by atoms with Gasteiger partial charge in [-0.1, -0.05) is 48.5 Å². The molecule has 0 saturated heterocycles. The van der Waals surface area contributed by atoms with Crippen LogP contribution in [0.15, 0.2) is 101 Å². The van der Waals surface area contributed by atoms with Crippen molar-refractivity contribution in [1.82, 2.24) is 0 Å². The van der Waals surface area contributed by atoms with Crippen LogP contribution in [0.2, 0.25) is 0 Å². The van der Waals surface area contributed by atoms with Crippen LogP contribution in [0.1, 0.15) is 11.1 Å². The Kier molecular flexibility index (Phi) is 5.52. The normalized spacial score (nSPS) is 15.5. The highest BCUT2D eigenvalue weighted by atomic mass is 79.9. The highest BCUT2D eigenvalue weighted by Crippen LogP contribution is 2.40. The van der Waals surface area contributed by atoms with E-state index in [2.05, 4.69) is 100 Å². The number of nitrogens with zero attached hydrogens (tertiary/aromatic N) is 2. The van der Waals surface area contributed by atoms with Gasteiger partial charge in [-0.2, -0.15) is 0 Å². The molecule has 1 aliphatic carbocycles. The summed E-state index contributed by atoms with van der Waals surface area (Å²) in [6.07, 6.45) is 0. The van der Waals surface area contributed by atoms with Crippen LogP contribution in [0, 0.1) is 0 Å². The van der Waals surface area contributed by atoms with Crippen molar-refractivity contribution in [3.63, 3.8) is 0 Å². The largest absolute Gasteiger partial charge is 0.244 e. The Morgan fingerprint density at radius 1 is 0.467 bits per heavy atom. The van der Waals surface area contributed by atoms with E-state index in [9.17, 15) is 0 Å². The number of para-hydroxylation sites is 2. The third-order valence-electron chi connectivity index (χ3n) is 4.96. The summed E-state index contributed by atoms with van der Waals surface area (Å²) in [6, 6.07) is 24.6. The van der Waals surface area contributed by atoms with Crippen LogP contribution in [-0.2, 0) is 0 Å². The van der Waals surface area contributed by atoms with Gasteiger partial charge in [0.05, 0.1) is 22.8 Å². The van der Waals surface area contributed by atoms with E-state index in [0.29, 0.717) is 0 Å². The average molecular weight is 648 g/mol. The lowest BCUT2D eigenvalue weighted by molar-refractivity contribution is 1.44. The minimum absolute atomic E-state index is 0.844. The van der Waals surface area contributed by atoms with Gasteiger partial charge in [0.1, 0.15) is 0 Å². The van der Waals surface area contributed by atoms with Gasteiger partial charge in [-0.3, -0.25) is 0 Å². The molecule has 0 unspecified atom stereocenters. The van der Waals surface area contributed by atoms with Crippen molar-refractivity contribution in [2.75, 3.05) is 0 Å². The molecular formula is C24H12Br4N2. The Morgan fingerprint density at radius 3 is 1.23 bits per heavy atom. The van der Waals surface area contributed by atoms with Gasteiger partial charge in [-0.05, 0) is 93.4 Å². The lowest BCUT2D eigenvalue weighted by atomic mass is 10.1. The minimum atomic E-state index is 0.844. The molecule has 0 aromatic heterocycles. The summed E-state index contributed by atoms with van der Waals surface area (Å²) in [5.41, 5.74) is 5.59. The van der Waals surface area contributed by atoms with E-state index in [1.54, 1.807) is 0 Å². The minimum Gasteiger partial charge on any atom is -0.244 e. The van der Waals surface area contributed by atoms with Crippen molar-refractivity contribution >= 4 is 97.3 Å². The van der Waals surface area contributed by atoms with Gasteiger partial charge >= 0.3 is 0 Å². The summed E-state index contributed by atoms with van der Waals surface area (Å²) in [4.78, 5) is 10.2. The fourth-order valence-corrected chi connectivity index (χ4v) is 5.98. The first-order chi connectivity index (χ1) is 14.5. The molecule has 0 heterocycles. The third kappa shape index (κ3) is 3.44. The third-order valence-corrected chi connectivity index (χ3v) is 7.52. The van der Waals surface area contributed by atoms with Crippen molar-refractivity contribution in [1.29, 1.82) is 0 Å². The average Bonchev–Trinajstić information content (AvgIpc) is 3.02. The Labute approximate surface area is 207 Å². The SMILES string of the molecule is Brc1cccc(Br)c1N=C1C(=Nc2c(Br)cccc2Br)c2cccc3cccc1c23. The van der Waals surface area contributed by atoms with Crippen molar-refractivity contribution in [3.05, 3.63) is 102 Å². The van der Waals surface area contributed by atoms with Gasteiger partial charge in [0.2, 0.25) is 0 Å². The molecule has 4 aromatic carbocycles. The smallest absolute Gasteiger partial charge is 0.0979 e. The van der Waals surface area contributed by atoms with Crippen LogP contribution in [0.3, 0.4) is 0 Å². The van der Waals surface area contributed by atoms with Crippen LogP contribution in [0.5, 0.6) is 0 Å². The van der Waals surface area contributed by atoms with Crippen LogP contribution in [0.25, 0.3) is 10.8 Å². The molecule has 0 N–H and O–H groups in total. The molecule has 1 aliphatic rings. The van der Waals surface area contributed by atoms with Gasteiger partial charge < -0.3 is 0 Å². The summed E-state index contributed by atoms with van der Waals surface area (Å²) in [7, 11) is 0. The first kappa shape index (κ1) is 20.3. The molecular weight excluding hydrogens is 636 g/mol. The maximum Gasteiger partial charge on any atom is 0.0979 e. The van der Waals surface area contributed by atoms with E-state index >= 15 is 0 Å². The van der Waals surface area contributed by atoms with E-state index in [1.165, 1.54) is 10.8 Å². The molecule has 0 bridgehead atoms. The van der Waals surface area contributed by atoms with Crippen molar-refractivity contribution in [2.45, 2.75) is 0 Å². The number of hydrogen-bond donors (Lipinski definition) is 0. The highest BCUT2D eigenvalue weighted by molar-refractivity contribution is 9.11. The van der Waals surface area contributed by atoms with Crippen molar-refractivity contribution in [2.24, 2.45) is 9.98 Å². The number of aliphatic imine (C=N–C) groups is 2. The highest BCUT2D eigenvalue weighted by Gasteiger charge is 2.28. The molecule has 5 rings (SSSR count). The van der Waals surface area contributed by atoms with Crippen molar-refractivity contribution in [3.8, 4) is 0 Å². The van der Waals surface area contributed by atoms with Crippen LogP contribution in [-0.4, -0.2) is 11.4 Å². The lowest BCUT2D eigenvalue weighted by Crippen LogP contribution is -2.10. The number of halogens is 4. The molecule has 0 spiro atoms. The molecule has 0 amide bonds. The van der Waals surface area contributed by atoms with Gasteiger partial charge in [0, 0.05) is 34.4 Å². The monoisotopic (exact) mass is 644 g/mol. The van der Waals surface area contributed by atoms with Crippen LogP contribution < -0.4 is 0 Å². The number of hydrogen-bond acceptors (Lipinski definition) is 2. The van der Waals surface area contributed by atoms with E-state index in [-0.39, 0.29) is 0 Å².